The number of anilines is 1. The fraction of sp³-hybridized carbons (Fsp3) is 0.400. The number of carbonyl (C=O) groups excluding carboxylic acids is 1. The van der Waals surface area contributed by atoms with Gasteiger partial charge in [-0.15, -0.1) is 0 Å². The van der Waals surface area contributed by atoms with E-state index in [0.717, 1.165) is 18.4 Å². The van der Waals surface area contributed by atoms with Crippen LogP contribution >= 0.6 is 0 Å². The van der Waals surface area contributed by atoms with E-state index < -0.39 is 0 Å². The van der Waals surface area contributed by atoms with Crippen molar-refractivity contribution in [2.45, 2.75) is 12.8 Å². The van der Waals surface area contributed by atoms with Crippen LogP contribution in [0.5, 0.6) is 5.75 Å². The molecule has 1 aliphatic heterocycles. The van der Waals surface area contributed by atoms with E-state index in [0.29, 0.717) is 42.5 Å². The highest BCUT2D eigenvalue weighted by Crippen LogP contribution is 2.32. The fourth-order valence-electron chi connectivity index (χ4n) is 3.23. The molecule has 144 valence electrons. The van der Waals surface area contributed by atoms with Gasteiger partial charge in [-0.25, -0.2) is 0 Å². The number of benzene rings is 1. The molecule has 1 aromatic carbocycles. The van der Waals surface area contributed by atoms with E-state index >= 15 is 0 Å². The summed E-state index contributed by atoms with van der Waals surface area (Å²) in [4.78, 5) is 16.8. The summed E-state index contributed by atoms with van der Waals surface area (Å²) < 4.78 is 10.7. The molecule has 0 bridgehead atoms. The molecular formula is C20H25N3O4. The number of carbonyl (C=O) groups is 1. The van der Waals surface area contributed by atoms with E-state index in [-0.39, 0.29) is 17.9 Å². The van der Waals surface area contributed by atoms with Crippen molar-refractivity contribution in [2.24, 2.45) is 5.41 Å². The lowest BCUT2D eigenvalue weighted by molar-refractivity contribution is -0.0146. The van der Waals surface area contributed by atoms with E-state index in [1.807, 2.05) is 12.1 Å². The van der Waals surface area contributed by atoms with Gasteiger partial charge in [-0.3, -0.25) is 9.78 Å². The second-order valence-electron chi connectivity index (χ2n) is 6.81. The summed E-state index contributed by atoms with van der Waals surface area (Å²) in [6.45, 7) is 1.69. The molecule has 0 atom stereocenters. The number of nitrogens with zero attached hydrogens (tertiary/aromatic N) is 1. The molecule has 1 fully saturated rings. The molecule has 1 aliphatic rings. The standard InChI is InChI=1S/C20H25N3O4/c1-26-18-16(21)6-9-22-17(18)14-2-4-15(5-3-14)19(25)23-12-20(13-24)7-10-27-11-8-20/h2-6,9,24H,7-8,10-13H2,1H3,(H2,21,22)(H,23,25). The van der Waals surface area contributed by atoms with Crippen molar-refractivity contribution in [1.82, 2.24) is 10.3 Å². The number of aliphatic hydroxyl groups is 1. The maximum atomic E-state index is 12.5. The number of ether oxygens (including phenoxy) is 2. The Labute approximate surface area is 158 Å². The van der Waals surface area contributed by atoms with Gasteiger partial charge in [0.05, 0.1) is 19.4 Å². The van der Waals surface area contributed by atoms with Crippen LogP contribution in [0.25, 0.3) is 11.3 Å². The molecule has 4 N–H and O–H groups in total. The highest BCUT2D eigenvalue weighted by Gasteiger charge is 2.32. The van der Waals surface area contributed by atoms with Crippen LogP contribution in [0.4, 0.5) is 5.69 Å². The number of hydrogen-bond acceptors (Lipinski definition) is 6. The van der Waals surface area contributed by atoms with Crippen molar-refractivity contribution >= 4 is 11.6 Å². The molecule has 0 spiro atoms. The molecule has 0 unspecified atom stereocenters. The summed E-state index contributed by atoms with van der Waals surface area (Å²) in [6.07, 6.45) is 3.10. The molecule has 2 aromatic rings. The second kappa shape index (κ2) is 8.37. The number of methoxy groups -OCH3 is 1. The van der Waals surface area contributed by atoms with Crippen molar-refractivity contribution in [2.75, 3.05) is 39.2 Å². The van der Waals surface area contributed by atoms with Crippen LogP contribution in [0.3, 0.4) is 0 Å². The first-order chi connectivity index (χ1) is 13.1. The third-order valence-corrected chi connectivity index (χ3v) is 5.07. The number of nitrogen functional groups attached to an aromatic ring is 1. The Bertz CT molecular complexity index is 786. The minimum atomic E-state index is -0.299. The Morgan fingerprint density at radius 1 is 1.30 bits per heavy atom. The Morgan fingerprint density at radius 2 is 2.00 bits per heavy atom. The third kappa shape index (κ3) is 4.20. The summed E-state index contributed by atoms with van der Waals surface area (Å²) in [5, 5.41) is 12.7. The average molecular weight is 371 g/mol. The first kappa shape index (κ1) is 19.1. The van der Waals surface area contributed by atoms with Crippen molar-refractivity contribution in [3.63, 3.8) is 0 Å². The Morgan fingerprint density at radius 3 is 2.63 bits per heavy atom. The van der Waals surface area contributed by atoms with Gasteiger partial charge in [0.15, 0.2) is 5.75 Å². The lowest BCUT2D eigenvalue weighted by Gasteiger charge is -2.35. The number of nitrogens with one attached hydrogen (secondary N) is 1. The van der Waals surface area contributed by atoms with E-state index in [9.17, 15) is 9.90 Å². The van der Waals surface area contributed by atoms with Gasteiger partial charge in [-0.2, -0.15) is 0 Å². The van der Waals surface area contributed by atoms with Gasteiger partial charge in [0, 0.05) is 42.5 Å². The van der Waals surface area contributed by atoms with Gasteiger partial charge in [0.25, 0.3) is 5.91 Å². The maximum absolute atomic E-state index is 12.5. The summed E-state index contributed by atoms with van der Waals surface area (Å²) in [5.41, 5.74) is 8.12. The lowest BCUT2D eigenvalue weighted by Crippen LogP contribution is -2.43. The van der Waals surface area contributed by atoms with Gasteiger partial charge >= 0.3 is 0 Å². The monoisotopic (exact) mass is 371 g/mol. The minimum absolute atomic E-state index is 0.0382. The molecule has 0 aliphatic carbocycles. The molecule has 27 heavy (non-hydrogen) atoms. The average Bonchev–Trinajstić information content (AvgIpc) is 2.72. The van der Waals surface area contributed by atoms with Crippen LogP contribution in [0.2, 0.25) is 0 Å². The van der Waals surface area contributed by atoms with Crippen molar-refractivity contribution in [3.8, 4) is 17.0 Å². The first-order valence-corrected chi connectivity index (χ1v) is 8.94. The lowest BCUT2D eigenvalue weighted by atomic mass is 9.81. The molecule has 7 nitrogen and oxygen atoms in total. The number of pyridine rings is 1. The van der Waals surface area contributed by atoms with Crippen LogP contribution < -0.4 is 15.8 Å². The maximum Gasteiger partial charge on any atom is 0.251 e. The van der Waals surface area contributed by atoms with Gasteiger partial charge in [0.1, 0.15) is 5.69 Å². The number of rotatable bonds is 6. The van der Waals surface area contributed by atoms with E-state index in [1.165, 1.54) is 0 Å². The number of amides is 1. The molecule has 3 rings (SSSR count). The third-order valence-electron chi connectivity index (χ3n) is 5.07. The van der Waals surface area contributed by atoms with Crippen LogP contribution in [-0.4, -0.2) is 49.5 Å². The zero-order chi connectivity index (χ0) is 19.3. The quantitative estimate of drug-likeness (QED) is 0.716. The predicted molar refractivity (Wildman–Crippen MR) is 103 cm³/mol. The van der Waals surface area contributed by atoms with E-state index in [2.05, 4.69) is 10.3 Å². The number of aromatic nitrogens is 1. The topological polar surface area (TPSA) is 107 Å². The minimum Gasteiger partial charge on any atom is -0.492 e. The second-order valence-corrected chi connectivity index (χ2v) is 6.81. The van der Waals surface area contributed by atoms with Crippen molar-refractivity contribution in [1.29, 1.82) is 0 Å². The summed E-state index contributed by atoms with van der Waals surface area (Å²) in [5.74, 6) is 0.340. The molecule has 0 radical (unpaired) electrons. The van der Waals surface area contributed by atoms with E-state index in [4.69, 9.17) is 15.2 Å². The Balaban J connectivity index is 1.70. The first-order valence-electron chi connectivity index (χ1n) is 8.94. The van der Waals surface area contributed by atoms with Crippen LogP contribution in [0, 0.1) is 5.41 Å². The van der Waals surface area contributed by atoms with Crippen LogP contribution in [0.15, 0.2) is 36.5 Å². The largest absolute Gasteiger partial charge is 0.492 e. The summed E-state index contributed by atoms with van der Waals surface area (Å²) >= 11 is 0. The Hall–Kier alpha value is -2.64. The zero-order valence-corrected chi connectivity index (χ0v) is 15.4. The smallest absolute Gasteiger partial charge is 0.251 e. The molecule has 1 amide bonds. The SMILES string of the molecule is COc1c(N)ccnc1-c1ccc(C(=O)NCC2(CO)CCOCC2)cc1. The predicted octanol–water partition coefficient (Wildman–Crippen LogP) is 1.86. The molecule has 7 heteroatoms. The summed E-state index contributed by atoms with van der Waals surface area (Å²) in [7, 11) is 1.55. The molecule has 1 saturated heterocycles. The van der Waals surface area contributed by atoms with Gasteiger partial charge in [-0.05, 0) is 31.0 Å². The van der Waals surface area contributed by atoms with Gasteiger partial charge in [-0.1, -0.05) is 12.1 Å². The zero-order valence-electron chi connectivity index (χ0n) is 15.4. The fourth-order valence-corrected chi connectivity index (χ4v) is 3.23. The summed E-state index contributed by atoms with van der Waals surface area (Å²) in [6, 6.07) is 8.79. The molecule has 1 aromatic heterocycles. The number of hydrogen-bond donors (Lipinski definition) is 3. The van der Waals surface area contributed by atoms with Crippen LogP contribution in [-0.2, 0) is 4.74 Å². The normalized spacial score (nSPS) is 15.9. The molecule has 0 saturated carbocycles. The highest BCUT2D eigenvalue weighted by atomic mass is 16.5. The van der Waals surface area contributed by atoms with Crippen molar-refractivity contribution < 1.29 is 19.4 Å². The molecular weight excluding hydrogens is 346 g/mol. The van der Waals surface area contributed by atoms with Gasteiger partial charge in [0.2, 0.25) is 0 Å². The van der Waals surface area contributed by atoms with Crippen LogP contribution in [0.1, 0.15) is 23.2 Å². The Kier molecular flexibility index (Phi) is 5.93. The van der Waals surface area contributed by atoms with Crippen molar-refractivity contribution in [3.05, 3.63) is 42.1 Å². The number of nitrogens with two attached hydrogens (primary N) is 1. The van der Waals surface area contributed by atoms with E-state index in [1.54, 1.807) is 31.5 Å². The van der Waals surface area contributed by atoms with Gasteiger partial charge < -0.3 is 25.6 Å². The molecule has 2 heterocycles. The number of aliphatic hydroxyl groups excluding tert-OH is 1. The highest BCUT2D eigenvalue weighted by molar-refractivity contribution is 5.94.